The number of fused-ring (bicyclic) bond motifs is 2. The van der Waals surface area contributed by atoms with Gasteiger partial charge in [0.25, 0.3) is 5.89 Å². The number of pyridine rings is 1. The molecule has 1 aliphatic rings. The molecule has 0 spiro atoms. The van der Waals surface area contributed by atoms with Gasteiger partial charge in [0.05, 0.1) is 11.5 Å². The molecule has 0 N–H and O–H groups in total. The first-order valence-corrected chi connectivity index (χ1v) is 8.49. The first-order chi connectivity index (χ1) is 12.8. The van der Waals surface area contributed by atoms with E-state index in [1.165, 1.54) is 0 Å². The van der Waals surface area contributed by atoms with E-state index in [1.807, 2.05) is 48.5 Å². The number of para-hydroxylation sites is 2. The normalized spacial score (nSPS) is 13.0. The quantitative estimate of drug-likeness (QED) is 0.411. The van der Waals surface area contributed by atoms with Crippen molar-refractivity contribution in [2.75, 3.05) is 0 Å². The fraction of sp³-hybridized carbons (Fsp3) is 0.0500. The summed E-state index contributed by atoms with van der Waals surface area (Å²) in [4.78, 5) is 4.07. The van der Waals surface area contributed by atoms with Crippen LogP contribution in [0.4, 0.5) is 0 Å². The lowest BCUT2D eigenvalue weighted by atomic mass is 9.88. The zero-order valence-electron chi connectivity index (χ0n) is 13.5. The van der Waals surface area contributed by atoms with Crippen LogP contribution in [-0.2, 0) is 0 Å². The molecule has 2 aromatic carbocycles. The van der Waals surface area contributed by atoms with Crippen LogP contribution in [0.5, 0.6) is 11.5 Å². The van der Waals surface area contributed by atoms with Gasteiger partial charge in [0.15, 0.2) is 0 Å². The predicted molar refractivity (Wildman–Crippen MR) is 96.4 cm³/mol. The summed E-state index contributed by atoms with van der Waals surface area (Å²) >= 11 is 6.16. The molecule has 1 aliphatic heterocycles. The Bertz CT molecular complexity index is 1060. The lowest BCUT2D eigenvalue weighted by Gasteiger charge is -2.25. The molecule has 26 heavy (non-hydrogen) atoms. The van der Waals surface area contributed by atoms with Crippen molar-refractivity contribution >= 4 is 11.6 Å². The fourth-order valence-electron chi connectivity index (χ4n) is 3.18. The van der Waals surface area contributed by atoms with Crippen LogP contribution in [0.2, 0.25) is 5.15 Å². The van der Waals surface area contributed by atoms with Crippen molar-refractivity contribution in [1.82, 2.24) is 15.2 Å². The molecule has 2 aromatic heterocycles. The molecule has 0 fully saturated rings. The summed E-state index contributed by atoms with van der Waals surface area (Å²) in [5.74, 6) is 2.21. The Morgan fingerprint density at radius 1 is 0.808 bits per heavy atom. The molecule has 5 nitrogen and oxygen atoms in total. The summed E-state index contributed by atoms with van der Waals surface area (Å²) in [5, 5.41) is 8.81. The summed E-state index contributed by atoms with van der Waals surface area (Å²) in [7, 11) is 0. The van der Waals surface area contributed by atoms with E-state index >= 15 is 0 Å². The van der Waals surface area contributed by atoms with Gasteiger partial charge in [-0.05, 0) is 24.3 Å². The first-order valence-electron chi connectivity index (χ1n) is 8.11. The lowest BCUT2D eigenvalue weighted by molar-refractivity contribution is 0.429. The molecule has 0 atom stereocenters. The van der Waals surface area contributed by atoms with E-state index in [1.54, 1.807) is 18.3 Å². The molecule has 6 heteroatoms. The van der Waals surface area contributed by atoms with Crippen molar-refractivity contribution in [3.63, 3.8) is 0 Å². The smallest absolute Gasteiger partial charge is 0.250 e. The van der Waals surface area contributed by atoms with Gasteiger partial charge in [-0.25, -0.2) is 4.98 Å². The second kappa shape index (κ2) is 5.97. The Labute approximate surface area is 154 Å². The summed E-state index contributed by atoms with van der Waals surface area (Å²) in [6.45, 7) is 0. The molecule has 0 amide bonds. The molecule has 4 aromatic rings. The zero-order chi connectivity index (χ0) is 17.5. The second-order valence-electron chi connectivity index (χ2n) is 5.90. The molecule has 126 valence electrons. The third-order valence-electron chi connectivity index (χ3n) is 4.36. The minimum atomic E-state index is -0.201. The average Bonchev–Trinajstić information content (AvgIpc) is 3.16. The molecule has 5 rings (SSSR count). The highest BCUT2D eigenvalue weighted by molar-refractivity contribution is 6.31. The Morgan fingerprint density at radius 3 is 2.19 bits per heavy atom. The molecule has 0 radical (unpaired) electrons. The number of halogens is 1. The molecular formula is C20H12ClN3O2. The van der Waals surface area contributed by atoms with Crippen LogP contribution >= 0.6 is 11.6 Å². The van der Waals surface area contributed by atoms with Crippen LogP contribution in [0, 0.1) is 0 Å². The summed E-state index contributed by atoms with van der Waals surface area (Å²) < 4.78 is 12.0. The van der Waals surface area contributed by atoms with Crippen LogP contribution in [-0.4, -0.2) is 15.2 Å². The van der Waals surface area contributed by atoms with Gasteiger partial charge in [0.1, 0.15) is 16.7 Å². The molecule has 0 bridgehead atoms. The van der Waals surface area contributed by atoms with Gasteiger partial charge in [0.2, 0.25) is 5.89 Å². The predicted octanol–water partition coefficient (Wildman–Crippen LogP) is 5.07. The van der Waals surface area contributed by atoms with Crippen LogP contribution < -0.4 is 4.74 Å². The van der Waals surface area contributed by atoms with Crippen molar-refractivity contribution < 1.29 is 9.15 Å². The van der Waals surface area contributed by atoms with Gasteiger partial charge in [-0.1, -0.05) is 48.0 Å². The highest BCUT2D eigenvalue weighted by Gasteiger charge is 2.32. The SMILES string of the molecule is Clc1ncccc1-c1nnc(C2c3ccccc3Oc3ccccc32)o1. The van der Waals surface area contributed by atoms with Crippen molar-refractivity contribution in [3.05, 3.63) is 89.0 Å². The maximum atomic E-state index is 6.16. The number of nitrogens with zero attached hydrogens (tertiary/aromatic N) is 3. The van der Waals surface area contributed by atoms with Gasteiger partial charge in [0, 0.05) is 17.3 Å². The van der Waals surface area contributed by atoms with Crippen LogP contribution in [0.25, 0.3) is 11.5 Å². The van der Waals surface area contributed by atoms with Gasteiger partial charge < -0.3 is 9.15 Å². The number of hydrogen-bond acceptors (Lipinski definition) is 5. The summed E-state index contributed by atoms with van der Waals surface area (Å²) in [6.07, 6.45) is 1.62. The zero-order valence-corrected chi connectivity index (χ0v) is 14.2. The largest absolute Gasteiger partial charge is 0.457 e. The van der Waals surface area contributed by atoms with Crippen molar-refractivity contribution in [1.29, 1.82) is 0 Å². The topological polar surface area (TPSA) is 61.0 Å². The molecule has 0 aliphatic carbocycles. The maximum Gasteiger partial charge on any atom is 0.250 e. The number of benzene rings is 2. The van der Waals surface area contributed by atoms with E-state index in [4.69, 9.17) is 20.8 Å². The average molecular weight is 362 g/mol. The molecule has 0 saturated carbocycles. The van der Waals surface area contributed by atoms with Gasteiger partial charge in [-0.2, -0.15) is 0 Å². The van der Waals surface area contributed by atoms with Gasteiger partial charge in [-0.15, -0.1) is 10.2 Å². The minimum absolute atomic E-state index is 0.201. The summed E-state index contributed by atoms with van der Waals surface area (Å²) in [6, 6.07) is 19.3. The van der Waals surface area contributed by atoms with Gasteiger partial charge in [-0.3, -0.25) is 0 Å². The van der Waals surface area contributed by atoms with E-state index in [-0.39, 0.29) is 5.92 Å². The van der Waals surface area contributed by atoms with Crippen molar-refractivity contribution in [2.24, 2.45) is 0 Å². The monoisotopic (exact) mass is 361 g/mol. The molecular weight excluding hydrogens is 350 g/mol. The lowest BCUT2D eigenvalue weighted by Crippen LogP contribution is -2.11. The van der Waals surface area contributed by atoms with E-state index in [0.29, 0.717) is 22.5 Å². The second-order valence-corrected chi connectivity index (χ2v) is 6.26. The standard InChI is InChI=1S/C20H12ClN3O2/c21-18-14(8-5-11-22-18)19-23-24-20(26-19)17-12-6-1-3-9-15(12)25-16-10-4-2-7-13(16)17/h1-11,17H. The third kappa shape index (κ3) is 2.36. The summed E-state index contributed by atoms with van der Waals surface area (Å²) in [5.41, 5.74) is 2.58. The Hall–Kier alpha value is -3.18. The van der Waals surface area contributed by atoms with Crippen LogP contribution in [0.15, 0.2) is 71.3 Å². The van der Waals surface area contributed by atoms with Crippen molar-refractivity contribution in [3.8, 4) is 23.0 Å². The number of aromatic nitrogens is 3. The highest BCUT2D eigenvalue weighted by atomic mass is 35.5. The molecule has 0 unspecified atom stereocenters. The van der Waals surface area contributed by atoms with E-state index < -0.39 is 0 Å². The fourth-order valence-corrected chi connectivity index (χ4v) is 3.38. The number of rotatable bonds is 2. The molecule has 0 saturated heterocycles. The van der Waals surface area contributed by atoms with E-state index in [0.717, 1.165) is 22.6 Å². The van der Waals surface area contributed by atoms with Crippen molar-refractivity contribution in [2.45, 2.75) is 5.92 Å². The number of hydrogen-bond donors (Lipinski definition) is 0. The molecule has 3 heterocycles. The third-order valence-corrected chi connectivity index (χ3v) is 4.66. The Morgan fingerprint density at radius 2 is 1.50 bits per heavy atom. The minimum Gasteiger partial charge on any atom is -0.457 e. The Balaban J connectivity index is 1.66. The maximum absolute atomic E-state index is 6.16. The Kier molecular flexibility index (Phi) is 3.47. The highest BCUT2D eigenvalue weighted by Crippen LogP contribution is 2.46. The van der Waals surface area contributed by atoms with E-state index in [9.17, 15) is 0 Å². The first kappa shape index (κ1) is 15.1. The van der Waals surface area contributed by atoms with E-state index in [2.05, 4.69) is 15.2 Å². The van der Waals surface area contributed by atoms with Gasteiger partial charge >= 0.3 is 0 Å². The van der Waals surface area contributed by atoms with Crippen LogP contribution in [0.1, 0.15) is 22.9 Å². The van der Waals surface area contributed by atoms with Crippen LogP contribution in [0.3, 0.4) is 0 Å². The number of ether oxygens (including phenoxy) is 1.